The van der Waals surface area contributed by atoms with Gasteiger partial charge in [-0.3, -0.25) is 9.36 Å². The molecule has 5 rings (SSSR count). The zero-order valence-electron chi connectivity index (χ0n) is 22.2. The molecule has 10 heteroatoms. The number of likely N-dealkylation sites (tertiary alicyclic amines) is 1. The van der Waals surface area contributed by atoms with Crippen LogP contribution in [0, 0.1) is 28.4 Å². The van der Waals surface area contributed by atoms with Crippen molar-refractivity contribution in [2.75, 3.05) is 13.1 Å². The van der Waals surface area contributed by atoms with Gasteiger partial charge in [-0.1, -0.05) is 0 Å². The number of rotatable bonds is 3. The Morgan fingerprint density at radius 2 is 1.85 bits per heavy atom. The molecule has 2 fully saturated rings. The van der Waals surface area contributed by atoms with Gasteiger partial charge in [0, 0.05) is 19.1 Å². The first-order chi connectivity index (χ1) is 18.5. The number of ether oxygens (including phenoxy) is 2. The summed E-state index contributed by atoms with van der Waals surface area (Å²) in [5, 5.41) is 9.52. The van der Waals surface area contributed by atoms with Gasteiger partial charge in [0.05, 0.1) is 17.2 Å². The molecule has 0 bridgehead atoms. The largest absolute Gasteiger partial charge is 0.453 e. The second-order valence-corrected chi connectivity index (χ2v) is 11.5. The highest BCUT2D eigenvalue weighted by atomic mass is 19.1. The molecule has 0 N–H and O–H groups in total. The van der Waals surface area contributed by atoms with Crippen LogP contribution in [0.2, 0.25) is 0 Å². The molecule has 1 aliphatic carbocycles. The summed E-state index contributed by atoms with van der Waals surface area (Å²) in [6.45, 7) is 6.89. The molecule has 1 spiro atoms. The van der Waals surface area contributed by atoms with E-state index in [1.165, 1.54) is 12.1 Å². The number of nitrogens with zero attached hydrogens (tertiary/aromatic N) is 4. The number of carbonyl (C=O) groups excluding carboxylic acids is 1. The zero-order chi connectivity index (χ0) is 27.9. The maximum atomic E-state index is 14.3. The molecule has 1 aromatic heterocycles. The van der Waals surface area contributed by atoms with Crippen molar-refractivity contribution in [2.45, 2.75) is 64.5 Å². The van der Waals surface area contributed by atoms with Crippen LogP contribution in [0.1, 0.15) is 64.5 Å². The summed E-state index contributed by atoms with van der Waals surface area (Å²) in [5.41, 5.74) is -0.876. The van der Waals surface area contributed by atoms with Gasteiger partial charge in [0.1, 0.15) is 28.8 Å². The molecule has 8 nitrogen and oxygen atoms in total. The lowest BCUT2D eigenvalue weighted by Gasteiger charge is -2.37. The first-order valence-corrected chi connectivity index (χ1v) is 13.0. The maximum absolute atomic E-state index is 14.3. The van der Waals surface area contributed by atoms with Crippen molar-refractivity contribution in [3.63, 3.8) is 0 Å². The summed E-state index contributed by atoms with van der Waals surface area (Å²) >= 11 is 0. The van der Waals surface area contributed by atoms with Crippen LogP contribution in [-0.2, 0) is 4.74 Å². The average molecular weight is 537 g/mol. The molecule has 1 aliphatic heterocycles. The van der Waals surface area contributed by atoms with Gasteiger partial charge in [-0.25, -0.2) is 18.6 Å². The number of carbonyl (C=O) groups is 1. The van der Waals surface area contributed by atoms with Crippen molar-refractivity contribution in [1.82, 2.24) is 14.5 Å². The normalized spacial score (nSPS) is 21.2. The smallest absolute Gasteiger partial charge is 0.410 e. The Balaban J connectivity index is 1.33. The molecule has 3 aromatic rings. The first-order valence-electron chi connectivity index (χ1n) is 13.0. The molecule has 2 heterocycles. The monoisotopic (exact) mass is 536 g/mol. The zero-order valence-corrected chi connectivity index (χ0v) is 22.2. The van der Waals surface area contributed by atoms with E-state index in [-0.39, 0.29) is 34.2 Å². The van der Waals surface area contributed by atoms with Gasteiger partial charge in [-0.2, -0.15) is 5.26 Å². The van der Waals surface area contributed by atoms with Crippen LogP contribution in [-0.4, -0.2) is 39.2 Å². The fraction of sp³-hybridized carbons (Fsp3) is 0.448. The van der Waals surface area contributed by atoms with Crippen LogP contribution in [0.25, 0.3) is 10.9 Å². The van der Waals surface area contributed by atoms with Gasteiger partial charge in [-0.15, -0.1) is 0 Å². The summed E-state index contributed by atoms with van der Waals surface area (Å²) in [7, 11) is 0. The lowest BCUT2D eigenvalue weighted by Crippen LogP contribution is -2.38. The van der Waals surface area contributed by atoms with E-state index in [4.69, 9.17) is 9.47 Å². The Hall–Kier alpha value is -4.00. The van der Waals surface area contributed by atoms with E-state index in [0.29, 0.717) is 18.6 Å². The van der Waals surface area contributed by atoms with E-state index >= 15 is 0 Å². The fourth-order valence-electron chi connectivity index (χ4n) is 5.61. The minimum atomic E-state index is -0.898. The van der Waals surface area contributed by atoms with E-state index in [9.17, 15) is 23.6 Å². The Morgan fingerprint density at radius 3 is 2.54 bits per heavy atom. The summed E-state index contributed by atoms with van der Waals surface area (Å²) in [6, 6.07) is 7.81. The minimum absolute atomic E-state index is 0.0236. The second kappa shape index (κ2) is 9.95. The van der Waals surface area contributed by atoms with Crippen molar-refractivity contribution in [3.05, 3.63) is 64.2 Å². The van der Waals surface area contributed by atoms with Gasteiger partial charge in [0.2, 0.25) is 0 Å². The molecule has 1 saturated heterocycles. The number of fused-ring (bicyclic) bond motifs is 1. The molecule has 1 saturated carbocycles. The van der Waals surface area contributed by atoms with Crippen molar-refractivity contribution in [2.24, 2.45) is 5.41 Å². The molecular weight excluding hydrogens is 506 g/mol. The topological polar surface area (TPSA) is 97.4 Å². The lowest BCUT2D eigenvalue weighted by molar-refractivity contribution is 0.0257. The van der Waals surface area contributed by atoms with Gasteiger partial charge in [-0.05, 0) is 88.6 Å². The molecule has 0 radical (unpaired) electrons. The van der Waals surface area contributed by atoms with Crippen molar-refractivity contribution >= 4 is 17.0 Å². The predicted octanol–water partition coefficient (Wildman–Crippen LogP) is 6.08. The number of amides is 1. The highest BCUT2D eigenvalue weighted by molar-refractivity contribution is 5.79. The number of hydrogen-bond acceptors (Lipinski definition) is 6. The molecule has 1 amide bonds. The third kappa shape index (κ3) is 5.31. The molecule has 39 heavy (non-hydrogen) atoms. The predicted molar refractivity (Wildman–Crippen MR) is 140 cm³/mol. The molecule has 0 unspecified atom stereocenters. The Kier molecular flexibility index (Phi) is 6.79. The second-order valence-electron chi connectivity index (χ2n) is 11.5. The van der Waals surface area contributed by atoms with E-state index in [1.807, 2.05) is 20.8 Å². The number of benzene rings is 2. The molecular formula is C29H30F2N4O4. The number of hydrogen-bond donors (Lipinski definition) is 0. The van der Waals surface area contributed by atoms with Crippen LogP contribution in [0.3, 0.4) is 0 Å². The highest BCUT2D eigenvalue weighted by Gasteiger charge is 2.43. The fourth-order valence-corrected chi connectivity index (χ4v) is 5.61. The van der Waals surface area contributed by atoms with Crippen LogP contribution >= 0.6 is 0 Å². The SMILES string of the molecule is CC(C)(C)OC(=O)N1CCC2(CCC(n3cnc4ccc(Oc5c(F)ccc(F)c5C#N)cc4c3=O)CC2)C1. The van der Waals surface area contributed by atoms with Gasteiger partial charge < -0.3 is 14.4 Å². The molecule has 2 aromatic carbocycles. The van der Waals surface area contributed by atoms with Crippen LogP contribution in [0.5, 0.6) is 11.5 Å². The Labute approximate surface area is 224 Å². The molecule has 0 atom stereocenters. The number of halogens is 2. The van der Waals surface area contributed by atoms with Crippen molar-refractivity contribution in [3.8, 4) is 17.6 Å². The highest BCUT2D eigenvalue weighted by Crippen LogP contribution is 2.47. The third-order valence-corrected chi connectivity index (χ3v) is 7.64. The maximum Gasteiger partial charge on any atom is 0.410 e. The van der Waals surface area contributed by atoms with Gasteiger partial charge in [0.25, 0.3) is 5.56 Å². The number of aromatic nitrogens is 2. The Morgan fingerprint density at radius 1 is 1.13 bits per heavy atom. The summed E-state index contributed by atoms with van der Waals surface area (Å²) in [5.74, 6) is -2.22. The standard InChI is InChI=1S/C29H30F2N4O4/c1-28(2,3)39-27(37)34-13-12-29(16-34)10-8-18(9-11-29)35-17-33-24-7-4-19(14-20(24)26(35)36)38-25-21(15-32)22(30)5-6-23(25)31/h4-7,14,17-18H,8-13,16H2,1-3H3. The van der Waals surface area contributed by atoms with Gasteiger partial charge >= 0.3 is 6.09 Å². The quantitative estimate of drug-likeness (QED) is 0.402. The average Bonchev–Trinajstić information content (AvgIpc) is 3.30. The summed E-state index contributed by atoms with van der Waals surface area (Å²) in [4.78, 5) is 32.2. The first kappa shape index (κ1) is 26.6. The van der Waals surface area contributed by atoms with Crippen LogP contribution in [0.15, 0.2) is 41.5 Å². The van der Waals surface area contributed by atoms with Crippen molar-refractivity contribution < 1.29 is 23.0 Å². The lowest BCUT2D eigenvalue weighted by atomic mass is 9.72. The summed E-state index contributed by atoms with van der Waals surface area (Å²) < 4.78 is 41.0. The Bertz CT molecular complexity index is 1530. The van der Waals surface area contributed by atoms with Crippen LogP contribution < -0.4 is 10.3 Å². The third-order valence-electron chi connectivity index (χ3n) is 7.64. The van der Waals surface area contributed by atoms with E-state index in [2.05, 4.69) is 4.98 Å². The summed E-state index contributed by atoms with van der Waals surface area (Å²) in [6.07, 6.45) is 5.47. The van der Waals surface area contributed by atoms with E-state index in [1.54, 1.807) is 27.9 Å². The molecule has 204 valence electrons. The minimum Gasteiger partial charge on any atom is -0.453 e. The van der Waals surface area contributed by atoms with Crippen LogP contribution in [0.4, 0.5) is 13.6 Å². The van der Waals surface area contributed by atoms with E-state index in [0.717, 1.165) is 44.2 Å². The van der Waals surface area contributed by atoms with Gasteiger partial charge in [0.15, 0.2) is 11.6 Å². The molecule has 2 aliphatic rings. The van der Waals surface area contributed by atoms with E-state index < -0.39 is 28.5 Å². The van der Waals surface area contributed by atoms with Crippen molar-refractivity contribution in [1.29, 1.82) is 5.26 Å². The number of nitriles is 1.